The van der Waals surface area contributed by atoms with Gasteiger partial charge in [0.2, 0.25) is 3.79 Å². The van der Waals surface area contributed by atoms with Crippen molar-refractivity contribution in [3.8, 4) is 11.5 Å². The quantitative estimate of drug-likeness (QED) is 0.602. The number of hydrogen-bond donors (Lipinski definition) is 0. The first kappa shape index (κ1) is 14.3. The molecule has 0 saturated carbocycles. The number of ether oxygens (including phenoxy) is 2. The lowest BCUT2D eigenvalue weighted by molar-refractivity contribution is 0.383. The highest BCUT2D eigenvalue weighted by Crippen LogP contribution is 2.51. The maximum atomic E-state index is 5.82. The Balaban J connectivity index is 3.62. The van der Waals surface area contributed by atoms with Gasteiger partial charge in [-0.1, -0.05) is 58.0 Å². The van der Waals surface area contributed by atoms with Crippen LogP contribution in [0, 0.1) is 0 Å². The van der Waals surface area contributed by atoms with Gasteiger partial charge in [-0.25, -0.2) is 4.98 Å². The molecule has 16 heavy (non-hydrogen) atoms. The largest absolute Gasteiger partial charge is 0.493 e. The SMILES string of the molecule is COc1c(Cl)nc(Cl)c(OC)c1C(Cl)(Cl)Cl. The van der Waals surface area contributed by atoms with Gasteiger partial charge in [-0.15, -0.1) is 0 Å². The molecule has 0 unspecified atom stereocenters. The van der Waals surface area contributed by atoms with E-state index in [1.807, 2.05) is 0 Å². The maximum Gasteiger partial charge on any atom is 0.223 e. The molecule has 0 aliphatic rings. The van der Waals surface area contributed by atoms with Crippen LogP contribution in [0.15, 0.2) is 0 Å². The highest BCUT2D eigenvalue weighted by molar-refractivity contribution is 6.67. The third kappa shape index (κ3) is 2.71. The zero-order chi connectivity index (χ0) is 12.5. The Bertz CT molecular complexity index is 376. The normalized spacial score (nSPS) is 11.4. The van der Waals surface area contributed by atoms with Crippen molar-refractivity contribution < 1.29 is 9.47 Å². The summed E-state index contributed by atoms with van der Waals surface area (Å²) in [6, 6.07) is 0. The van der Waals surface area contributed by atoms with Crippen LogP contribution in [0.25, 0.3) is 0 Å². The molecule has 0 saturated heterocycles. The van der Waals surface area contributed by atoms with Crippen LogP contribution in [0.1, 0.15) is 5.56 Å². The van der Waals surface area contributed by atoms with E-state index in [0.29, 0.717) is 0 Å². The zero-order valence-electron chi connectivity index (χ0n) is 8.15. The van der Waals surface area contributed by atoms with Crippen LogP contribution >= 0.6 is 58.0 Å². The summed E-state index contributed by atoms with van der Waals surface area (Å²) in [7, 11) is 2.74. The number of alkyl halides is 3. The van der Waals surface area contributed by atoms with Crippen LogP contribution in [0.5, 0.6) is 11.5 Å². The number of rotatable bonds is 2. The first-order valence-electron chi connectivity index (χ1n) is 3.87. The number of hydrogen-bond acceptors (Lipinski definition) is 3. The summed E-state index contributed by atoms with van der Waals surface area (Å²) in [5, 5.41) is -0.00995. The van der Waals surface area contributed by atoms with Gasteiger partial charge in [-0.3, -0.25) is 0 Å². The fourth-order valence-electron chi connectivity index (χ4n) is 1.13. The first-order chi connectivity index (χ1) is 7.32. The van der Waals surface area contributed by atoms with E-state index in [1.165, 1.54) is 14.2 Å². The van der Waals surface area contributed by atoms with E-state index in [0.717, 1.165) is 0 Å². The summed E-state index contributed by atoms with van der Waals surface area (Å²) in [5.74, 6) is 0.228. The van der Waals surface area contributed by atoms with Gasteiger partial charge < -0.3 is 9.47 Å². The summed E-state index contributed by atoms with van der Waals surface area (Å²) in [4.78, 5) is 3.79. The van der Waals surface area contributed by atoms with Crippen molar-refractivity contribution in [1.82, 2.24) is 4.98 Å². The van der Waals surface area contributed by atoms with E-state index in [2.05, 4.69) is 4.98 Å². The summed E-state index contributed by atoms with van der Waals surface area (Å²) in [5.41, 5.74) is 0.118. The molecule has 0 radical (unpaired) electrons. The van der Waals surface area contributed by atoms with Gasteiger partial charge in [0, 0.05) is 0 Å². The molecular formula is C8H6Cl5NO2. The lowest BCUT2D eigenvalue weighted by Gasteiger charge is -2.20. The standard InChI is InChI=1S/C8H6Cl5NO2/c1-15-4-3(8(11,12)13)5(16-2)7(10)14-6(4)9/h1-2H3. The molecule has 1 heterocycles. The Morgan fingerprint density at radius 1 is 0.938 bits per heavy atom. The third-order valence-electron chi connectivity index (χ3n) is 1.72. The summed E-state index contributed by atoms with van der Waals surface area (Å²) in [6.07, 6.45) is 0. The number of aromatic nitrogens is 1. The summed E-state index contributed by atoms with van der Waals surface area (Å²) < 4.78 is 8.24. The minimum atomic E-state index is -1.78. The van der Waals surface area contributed by atoms with Crippen molar-refractivity contribution in [2.24, 2.45) is 0 Å². The summed E-state index contributed by atoms with van der Waals surface area (Å²) >= 11 is 29.0. The molecule has 0 N–H and O–H groups in total. The van der Waals surface area contributed by atoms with Gasteiger partial charge in [0.05, 0.1) is 19.8 Å². The molecule has 0 atom stereocenters. The topological polar surface area (TPSA) is 31.4 Å². The number of methoxy groups -OCH3 is 2. The van der Waals surface area contributed by atoms with Crippen LogP contribution in [-0.4, -0.2) is 19.2 Å². The van der Waals surface area contributed by atoms with Gasteiger partial charge >= 0.3 is 0 Å². The molecule has 1 aromatic heterocycles. The van der Waals surface area contributed by atoms with Crippen molar-refractivity contribution in [2.75, 3.05) is 14.2 Å². The number of pyridine rings is 1. The average Bonchev–Trinajstić information content (AvgIpc) is 2.15. The van der Waals surface area contributed by atoms with E-state index in [9.17, 15) is 0 Å². The Labute approximate surface area is 117 Å². The van der Waals surface area contributed by atoms with Gasteiger partial charge in [0.25, 0.3) is 0 Å². The van der Waals surface area contributed by atoms with E-state index >= 15 is 0 Å². The molecule has 0 bridgehead atoms. The van der Waals surface area contributed by atoms with Crippen molar-refractivity contribution in [2.45, 2.75) is 3.79 Å². The average molecular weight is 325 g/mol. The Morgan fingerprint density at radius 3 is 1.56 bits per heavy atom. The molecule has 0 aliphatic heterocycles. The highest BCUT2D eigenvalue weighted by Gasteiger charge is 2.35. The molecule has 0 aliphatic carbocycles. The number of nitrogens with zero attached hydrogens (tertiary/aromatic N) is 1. The lowest BCUT2D eigenvalue weighted by atomic mass is 10.2. The minimum absolute atomic E-state index is 0.00498. The van der Waals surface area contributed by atoms with Crippen LogP contribution in [-0.2, 0) is 3.79 Å². The van der Waals surface area contributed by atoms with E-state index < -0.39 is 3.79 Å². The molecule has 1 rings (SSSR count). The lowest BCUT2D eigenvalue weighted by Crippen LogP contribution is -2.08. The fourth-order valence-corrected chi connectivity index (χ4v) is 2.20. The minimum Gasteiger partial charge on any atom is -0.493 e. The summed E-state index contributed by atoms with van der Waals surface area (Å²) in [6.45, 7) is 0. The van der Waals surface area contributed by atoms with E-state index in [4.69, 9.17) is 67.5 Å². The van der Waals surface area contributed by atoms with Gasteiger partial charge in [0.15, 0.2) is 21.8 Å². The second-order valence-electron chi connectivity index (χ2n) is 2.63. The van der Waals surface area contributed by atoms with Gasteiger partial charge in [-0.05, 0) is 0 Å². The molecule has 1 aromatic rings. The molecule has 0 aromatic carbocycles. The van der Waals surface area contributed by atoms with Crippen molar-refractivity contribution in [1.29, 1.82) is 0 Å². The van der Waals surface area contributed by atoms with Crippen LogP contribution < -0.4 is 9.47 Å². The van der Waals surface area contributed by atoms with Crippen LogP contribution in [0.2, 0.25) is 10.3 Å². The fraction of sp³-hybridized carbons (Fsp3) is 0.375. The molecular weight excluding hydrogens is 319 g/mol. The molecule has 0 amide bonds. The van der Waals surface area contributed by atoms with Crippen LogP contribution in [0.4, 0.5) is 0 Å². The molecule has 8 heteroatoms. The highest BCUT2D eigenvalue weighted by atomic mass is 35.6. The monoisotopic (exact) mass is 323 g/mol. The van der Waals surface area contributed by atoms with Crippen molar-refractivity contribution in [3.63, 3.8) is 0 Å². The molecule has 90 valence electrons. The molecule has 0 fully saturated rings. The molecule has 0 spiro atoms. The van der Waals surface area contributed by atoms with Crippen molar-refractivity contribution >= 4 is 58.0 Å². The molecule has 3 nitrogen and oxygen atoms in total. The zero-order valence-corrected chi connectivity index (χ0v) is 11.9. The van der Waals surface area contributed by atoms with Crippen LogP contribution in [0.3, 0.4) is 0 Å². The Kier molecular flexibility index (Phi) is 4.66. The predicted octanol–water partition coefficient (Wildman–Crippen LogP) is 4.23. The van der Waals surface area contributed by atoms with E-state index in [-0.39, 0.29) is 27.4 Å². The maximum absolute atomic E-state index is 5.82. The van der Waals surface area contributed by atoms with Gasteiger partial charge in [0.1, 0.15) is 0 Å². The Morgan fingerprint density at radius 2 is 1.31 bits per heavy atom. The predicted molar refractivity (Wildman–Crippen MR) is 66.6 cm³/mol. The Hall–Kier alpha value is 0.200. The third-order valence-corrected chi connectivity index (χ3v) is 2.80. The van der Waals surface area contributed by atoms with E-state index in [1.54, 1.807) is 0 Å². The second kappa shape index (κ2) is 5.23. The second-order valence-corrected chi connectivity index (χ2v) is 5.63. The first-order valence-corrected chi connectivity index (χ1v) is 5.76. The van der Waals surface area contributed by atoms with Gasteiger partial charge in [-0.2, -0.15) is 0 Å². The smallest absolute Gasteiger partial charge is 0.223 e. The number of halogens is 5. The van der Waals surface area contributed by atoms with Crippen molar-refractivity contribution in [3.05, 3.63) is 15.9 Å².